The van der Waals surface area contributed by atoms with Crippen LogP contribution < -0.4 is 10.6 Å². The van der Waals surface area contributed by atoms with Gasteiger partial charge in [0.2, 0.25) is 5.91 Å². The maximum Gasteiger partial charge on any atom is 0.237 e. The number of rotatable bonds is 2. The first-order valence-electron chi connectivity index (χ1n) is 5.97. The summed E-state index contributed by atoms with van der Waals surface area (Å²) in [5, 5.41) is 15.7. The SMILES string of the molecule is O=C1NCCCC1NC1CCC(O)CC1. The van der Waals surface area contributed by atoms with E-state index in [0.717, 1.165) is 45.1 Å². The van der Waals surface area contributed by atoms with Crippen LogP contribution in [0, 0.1) is 0 Å². The average Bonchev–Trinajstić information content (AvgIpc) is 2.25. The van der Waals surface area contributed by atoms with Crippen molar-refractivity contribution in [3.63, 3.8) is 0 Å². The molecule has 0 aromatic heterocycles. The minimum atomic E-state index is -0.122. The third-order valence-electron chi connectivity index (χ3n) is 3.42. The third kappa shape index (κ3) is 2.92. The Bertz CT molecular complexity index is 225. The summed E-state index contributed by atoms with van der Waals surface area (Å²) in [7, 11) is 0. The summed E-state index contributed by atoms with van der Waals surface area (Å²) in [5.74, 6) is 0.146. The predicted octanol–water partition coefficient (Wildman–Crippen LogP) is 0.158. The van der Waals surface area contributed by atoms with Gasteiger partial charge in [0.25, 0.3) is 0 Å². The number of carbonyl (C=O) groups is 1. The Morgan fingerprint density at radius 1 is 1.20 bits per heavy atom. The van der Waals surface area contributed by atoms with E-state index in [9.17, 15) is 9.90 Å². The second-order valence-electron chi connectivity index (χ2n) is 4.66. The zero-order valence-electron chi connectivity index (χ0n) is 9.04. The van der Waals surface area contributed by atoms with E-state index >= 15 is 0 Å². The molecule has 1 atom stereocenters. The van der Waals surface area contributed by atoms with Crippen molar-refractivity contribution in [3.8, 4) is 0 Å². The Balaban J connectivity index is 1.78. The molecule has 0 bridgehead atoms. The fourth-order valence-corrected chi connectivity index (χ4v) is 2.46. The summed E-state index contributed by atoms with van der Waals surface area (Å²) in [5.41, 5.74) is 0. The largest absolute Gasteiger partial charge is 0.393 e. The minimum absolute atomic E-state index is 0.000933. The quantitative estimate of drug-likeness (QED) is 0.611. The van der Waals surface area contributed by atoms with Crippen molar-refractivity contribution < 1.29 is 9.90 Å². The normalized spacial score (nSPS) is 37.4. The highest BCUT2D eigenvalue weighted by atomic mass is 16.3. The Kier molecular flexibility index (Phi) is 3.59. The number of piperidine rings is 1. The van der Waals surface area contributed by atoms with Crippen LogP contribution in [0.15, 0.2) is 0 Å². The zero-order valence-corrected chi connectivity index (χ0v) is 9.04. The summed E-state index contributed by atoms with van der Waals surface area (Å²) in [4.78, 5) is 11.5. The van der Waals surface area contributed by atoms with Gasteiger partial charge in [-0.1, -0.05) is 0 Å². The van der Waals surface area contributed by atoms with E-state index < -0.39 is 0 Å². The molecule has 2 aliphatic rings. The lowest BCUT2D eigenvalue weighted by Crippen LogP contribution is -2.52. The lowest BCUT2D eigenvalue weighted by Gasteiger charge is -2.31. The number of nitrogens with one attached hydrogen (secondary N) is 2. The van der Waals surface area contributed by atoms with Crippen LogP contribution in [-0.2, 0) is 4.79 Å². The van der Waals surface area contributed by atoms with Crippen LogP contribution >= 0.6 is 0 Å². The van der Waals surface area contributed by atoms with Gasteiger partial charge in [0.1, 0.15) is 0 Å². The van der Waals surface area contributed by atoms with E-state index in [1.54, 1.807) is 0 Å². The van der Waals surface area contributed by atoms with Gasteiger partial charge < -0.3 is 15.7 Å². The Labute approximate surface area is 90.4 Å². The lowest BCUT2D eigenvalue weighted by molar-refractivity contribution is -0.124. The summed E-state index contributed by atoms with van der Waals surface area (Å²) >= 11 is 0. The average molecular weight is 212 g/mol. The molecule has 0 radical (unpaired) electrons. The number of carbonyl (C=O) groups excluding carboxylic acids is 1. The van der Waals surface area contributed by atoms with Crippen molar-refractivity contribution in [2.24, 2.45) is 0 Å². The van der Waals surface area contributed by atoms with Gasteiger partial charge in [-0.25, -0.2) is 0 Å². The van der Waals surface area contributed by atoms with Crippen molar-refractivity contribution in [1.82, 2.24) is 10.6 Å². The molecule has 0 spiro atoms. The van der Waals surface area contributed by atoms with Crippen molar-refractivity contribution in [2.75, 3.05) is 6.54 Å². The number of amides is 1. The fraction of sp³-hybridized carbons (Fsp3) is 0.909. The predicted molar refractivity (Wildman–Crippen MR) is 57.4 cm³/mol. The van der Waals surface area contributed by atoms with Crippen molar-refractivity contribution >= 4 is 5.91 Å². The second-order valence-corrected chi connectivity index (χ2v) is 4.66. The molecule has 1 heterocycles. The Hall–Kier alpha value is -0.610. The van der Waals surface area contributed by atoms with E-state index in [-0.39, 0.29) is 18.1 Å². The van der Waals surface area contributed by atoms with Gasteiger partial charge in [0.05, 0.1) is 12.1 Å². The zero-order chi connectivity index (χ0) is 10.7. The summed E-state index contributed by atoms with van der Waals surface area (Å²) in [6.45, 7) is 0.820. The van der Waals surface area contributed by atoms with Crippen molar-refractivity contribution in [1.29, 1.82) is 0 Å². The Morgan fingerprint density at radius 2 is 1.93 bits per heavy atom. The smallest absolute Gasteiger partial charge is 0.237 e. The summed E-state index contributed by atoms with van der Waals surface area (Å²) in [6.07, 6.45) is 5.61. The van der Waals surface area contributed by atoms with Gasteiger partial charge >= 0.3 is 0 Å². The molecule has 1 amide bonds. The molecule has 1 unspecified atom stereocenters. The first-order chi connectivity index (χ1) is 7.25. The first-order valence-corrected chi connectivity index (χ1v) is 5.97. The van der Waals surface area contributed by atoms with E-state index in [1.165, 1.54) is 0 Å². The van der Waals surface area contributed by atoms with E-state index in [0.29, 0.717) is 6.04 Å². The topological polar surface area (TPSA) is 61.4 Å². The molecule has 1 aliphatic carbocycles. The molecule has 4 nitrogen and oxygen atoms in total. The highest BCUT2D eigenvalue weighted by Crippen LogP contribution is 2.19. The van der Waals surface area contributed by atoms with Crippen LogP contribution in [0.5, 0.6) is 0 Å². The van der Waals surface area contributed by atoms with Gasteiger partial charge in [-0.3, -0.25) is 4.79 Å². The van der Waals surface area contributed by atoms with Crippen LogP contribution in [0.25, 0.3) is 0 Å². The molecule has 86 valence electrons. The highest BCUT2D eigenvalue weighted by molar-refractivity contribution is 5.82. The van der Waals surface area contributed by atoms with Crippen LogP contribution in [-0.4, -0.2) is 35.7 Å². The maximum absolute atomic E-state index is 11.5. The van der Waals surface area contributed by atoms with Crippen molar-refractivity contribution in [2.45, 2.75) is 56.7 Å². The number of aliphatic hydroxyl groups excluding tert-OH is 1. The van der Waals surface area contributed by atoms with E-state index in [2.05, 4.69) is 10.6 Å². The monoisotopic (exact) mass is 212 g/mol. The molecule has 15 heavy (non-hydrogen) atoms. The molecular weight excluding hydrogens is 192 g/mol. The molecule has 2 rings (SSSR count). The summed E-state index contributed by atoms with van der Waals surface area (Å²) in [6, 6.07) is 0.418. The molecule has 1 saturated carbocycles. The standard InChI is InChI=1S/C11H20N2O2/c14-9-5-3-8(4-6-9)13-10-2-1-7-12-11(10)15/h8-10,13-14H,1-7H2,(H,12,15). The van der Waals surface area contributed by atoms with Gasteiger partial charge in [-0.2, -0.15) is 0 Å². The van der Waals surface area contributed by atoms with Gasteiger partial charge in [0, 0.05) is 12.6 Å². The van der Waals surface area contributed by atoms with E-state index in [1.807, 2.05) is 0 Å². The molecule has 1 aliphatic heterocycles. The van der Waals surface area contributed by atoms with E-state index in [4.69, 9.17) is 0 Å². The molecule has 0 aromatic rings. The lowest BCUT2D eigenvalue weighted by atomic mass is 9.92. The first kappa shape index (κ1) is 10.9. The second kappa shape index (κ2) is 4.94. The van der Waals surface area contributed by atoms with Gasteiger partial charge in [-0.05, 0) is 38.5 Å². The molecule has 2 fully saturated rings. The molecule has 3 N–H and O–H groups in total. The van der Waals surface area contributed by atoms with Crippen LogP contribution in [0.2, 0.25) is 0 Å². The molecular formula is C11H20N2O2. The van der Waals surface area contributed by atoms with Crippen LogP contribution in [0.1, 0.15) is 38.5 Å². The fourth-order valence-electron chi connectivity index (χ4n) is 2.46. The molecule has 4 heteroatoms. The number of hydrogen-bond donors (Lipinski definition) is 3. The summed E-state index contributed by atoms with van der Waals surface area (Å²) < 4.78 is 0. The third-order valence-corrected chi connectivity index (χ3v) is 3.42. The van der Waals surface area contributed by atoms with Crippen molar-refractivity contribution in [3.05, 3.63) is 0 Å². The van der Waals surface area contributed by atoms with Gasteiger partial charge in [-0.15, -0.1) is 0 Å². The van der Waals surface area contributed by atoms with Crippen LogP contribution in [0.4, 0.5) is 0 Å². The van der Waals surface area contributed by atoms with Gasteiger partial charge in [0.15, 0.2) is 0 Å². The number of hydrogen-bond acceptors (Lipinski definition) is 3. The Morgan fingerprint density at radius 3 is 2.60 bits per heavy atom. The molecule has 0 aromatic carbocycles. The minimum Gasteiger partial charge on any atom is -0.393 e. The molecule has 1 saturated heterocycles. The maximum atomic E-state index is 11.5. The van der Waals surface area contributed by atoms with Crippen LogP contribution in [0.3, 0.4) is 0 Å². The highest BCUT2D eigenvalue weighted by Gasteiger charge is 2.26. The number of aliphatic hydroxyl groups is 1.